The first kappa shape index (κ1) is 17.1. The minimum absolute atomic E-state index is 0.315. The zero-order valence-corrected chi connectivity index (χ0v) is 13.2. The normalized spacial score (nSPS) is 11.8. The molecule has 1 rings (SSSR count). The van der Waals surface area contributed by atoms with E-state index in [9.17, 15) is 8.42 Å². The molecular weight excluding hydrogens is 276 g/mol. The van der Waals surface area contributed by atoms with Gasteiger partial charge in [-0.05, 0) is 49.4 Å². The molecule has 0 fully saturated rings. The molecule has 20 heavy (non-hydrogen) atoms. The van der Waals surface area contributed by atoms with Gasteiger partial charge in [0, 0.05) is 26.8 Å². The van der Waals surface area contributed by atoms with E-state index >= 15 is 0 Å². The van der Waals surface area contributed by atoms with Crippen molar-refractivity contribution in [2.24, 2.45) is 5.73 Å². The Hall–Kier alpha value is -0.950. The molecule has 0 aromatic heterocycles. The summed E-state index contributed by atoms with van der Waals surface area (Å²) in [6.07, 6.45) is 1.58. The smallest absolute Gasteiger partial charge is 0.240 e. The first-order chi connectivity index (χ1) is 9.42. The van der Waals surface area contributed by atoms with Crippen LogP contribution in [0.15, 0.2) is 17.0 Å². The molecule has 0 aliphatic carbocycles. The summed E-state index contributed by atoms with van der Waals surface area (Å²) in [6.45, 7) is 5.12. The van der Waals surface area contributed by atoms with E-state index in [0.717, 1.165) is 29.5 Å². The largest absolute Gasteiger partial charge is 0.385 e. The van der Waals surface area contributed by atoms with Crippen molar-refractivity contribution in [3.63, 3.8) is 0 Å². The third kappa shape index (κ3) is 4.56. The standard InChI is InChI=1S/C14H24N2O3S/c1-11-8-12(2)14(9-13(11)10-15)20(17,18)16-6-4-5-7-19-3/h8-9,16H,4-7,10,15H2,1-3H3. The highest BCUT2D eigenvalue weighted by Gasteiger charge is 2.17. The lowest BCUT2D eigenvalue weighted by Crippen LogP contribution is -2.26. The molecule has 0 atom stereocenters. The maximum Gasteiger partial charge on any atom is 0.240 e. The van der Waals surface area contributed by atoms with Crippen molar-refractivity contribution in [1.29, 1.82) is 0 Å². The van der Waals surface area contributed by atoms with Crippen molar-refractivity contribution < 1.29 is 13.2 Å². The molecule has 0 heterocycles. The van der Waals surface area contributed by atoms with Crippen LogP contribution in [-0.4, -0.2) is 28.7 Å². The van der Waals surface area contributed by atoms with E-state index < -0.39 is 10.0 Å². The van der Waals surface area contributed by atoms with Crippen molar-refractivity contribution in [3.05, 3.63) is 28.8 Å². The SMILES string of the molecule is COCCCCNS(=O)(=O)c1cc(CN)c(C)cc1C. The number of unbranched alkanes of at least 4 members (excludes halogenated alkanes) is 1. The van der Waals surface area contributed by atoms with Crippen LogP contribution in [0.1, 0.15) is 29.5 Å². The summed E-state index contributed by atoms with van der Waals surface area (Å²) in [5.41, 5.74) is 8.25. The third-order valence-electron chi connectivity index (χ3n) is 3.21. The molecule has 0 unspecified atom stereocenters. The van der Waals surface area contributed by atoms with Crippen molar-refractivity contribution >= 4 is 10.0 Å². The third-order valence-corrected chi connectivity index (χ3v) is 4.81. The predicted octanol–water partition coefficient (Wildman–Crippen LogP) is 1.47. The molecule has 0 aliphatic heterocycles. The number of ether oxygens (including phenoxy) is 1. The van der Waals surface area contributed by atoms with Crippen LogP contribution in [-0.2, 0) is 21.3 Å². The van der Waals surface area contributed by atoms with Gasteiger partial charge in [0.25, 0.3) is 0 Å². The summed E-state index contributed by atoms with van der Waals surface area (Å²) in [6, 6.07) is 3.53. The average molecular weight is 300 g/mol. The Morgan fingerprint density at radius 3 is 2.50 bits per heavy atom. The van der Waals surface area contributed by atoms with Gasteiger partial charge < -0.3 is 10.5 Å². The topological polar surface area (TPSA) is 81.4 Å². The fourth-order valence-corrected chi connectivity index (χ4v) is 3.39. The Bertz CT molecular complexity index is 542. The summed E-state index contributed by atoms with van der Waals surface area (Å²) < 4.78 is 32.1. The number of benzene rings is 1. The van der Waals surface area contributed by atoms with Crippen LogP contribution in [0.5, 0.6) is 0 Å². The Morgan fingerprint density at radius 2 is 1.90 bits per heavy atom. The molecule has 0 saturated heterocycles. The predicted molar refractivity (Wildman–Crippen MR) is 80.1 cm³/mol. The van der Waals surface area contributed by atoms with Crippen LogP contribution in [0.2, 0.25) is 0 Å². The van der Waals surface area contributed by atoms with E-state index in [1.54, 1.807) is 20.1 Å². The molecular formula is C14H24N2O3S. The molecule has 1 aromatic rings. The zero-order valence-electron chi connectivity index (χ0n) is 12.4. The number of aryl methyl sites for hydroxylation is 2. The number of nitrogens with two attached hydrogens (primary N) is 1. The van der Waals surface area contributed by atoms with Gasteiger partial charge in [-0.2, -0.15) is 0 Å². The van der Waals surface area contributed by atoms with E-state index in [-0.39, 0.29) is 0 Å². The second-order valence-corrected chi connectivity index (χ2v) is 6.58. The number of hydrogen-bond acceptors (Lipinski definition) is 4. The van der Waals surface area contributed by atoms with Gasteiger partial charge in [0.1, 0.15) is 0 Å². The number of hydrogen-bond donors (Lipinski definition) is 2. The quantitative estimate of drug-likeness (QED) is 0.712. The molecule has 0 spiro atoms. The maximum atomic E-state index is 12.3. The van der Waals surface area contributed by atoms with E-state index in [1.807, 2.05) is 13.0 Å². The van der Waals surface area contributed by atoms with Crippen LogP contribution in [0, 0.1) is 13.8 Å². The van der Waals surface area contributed by atoms with Crippen LogP contribution in [0.3, 0.4) is 0 Å². The lowest BCUT2D eigenvalue weighted by Gasteiger charge is -2.12. The van der Waals surface area contributed by atoms with Crippen molar-refractivity contribution in [1.82, 2.24) is 4.72 Å². The molecule has 0 saturated carbocycles. The highest BCUT2D eigenvalue weighted by molar-refractivity contribution is 7.89. The number of rotatable bonds is 8. The highest BCUT2D eigenvalue weighted by Crippen LogP contribution is 2.20. The van der Waals surface area contributed by atoms with Crippen LogP contribution in [0.4, 0.5) is 0 Å². The second kappa shape index (κ2) is 7.73. The van der Waals surface area contributed by atoms with Gasteiger partial charge in [-0.15, -0.1) is 0 Å². The minimum atomic E-state index is -3.47. The molecule has 3 N–H and O–H groups in total. The van der Waals surface area contributed by atoms with Crippen molar-refractivity contribution in [2.75, 3.05) is 20.3 Å². The van der Waals surface area contributed by atoms with E-state index in [4.69, 9.17) is 10.5 Å². The Balaban J connectivity index is 2.82. The van der Waals surface area contributed by atoms with E-state index in [2.05, 4.69) is 4.72 Å². The highest BCUT2D eigenvalue weighted by atomic mass is 32.2. The van der Waals surface area contributed by atoms with Crippen LogP contribution < -0.4 is 10.5 Å². The first-order valence-corrected chi connectivity index (χ1v) is 8.19. The monoisotopic (exact) mass is 300 g/mol. The molecule has 0 aliphatic rings. The Morgan fingerprint density at radius 1 is 1.20 bits per heavy atom. The molecule has 1 aromatic carbocycles. The first-order valence-electron chi connectivity index (χ1n) is 6.71. The summed E-state index contributed by atoms with van der Waals surface area (Å²) >= 11 is 0. The van der Waals surface area contributed by atoms with E-state index in [1.165, 1.54) is 0 Å². The number of nitrogens with one attached hydrogen (secondary N) is 1. The second-order valence-electron chi connectivity index (χ2n) is 4.85. The van der Waals surface area contributed by atoms with Crippen LogP contribution in [0.25, 0.3) is 0 Å². The molecule has 6 heteroatoms. The van der Waals surface area contributed by atoms with E-state index in [0.29, 0.717) is 24.6 Å². The molecule has 114 valence electrons. The van der Waals surface area contributed by atoms with Crippen molar-refractivity contribution in [2.45, 2.75) is 38.1 Å². The number of methoxy groups -OCH3 is 1. The minimum Gasteiger partial charge on any atom is -0.385 e. The lowest BCUT2D eigenvalue weighted by molar-refractivity contribution is 0.193. The van der Waals surface area contributed by atoms with Gasteiger partial charge in [-0.25, -0.2) is 13.1 Å². The van der Waals surface area contributed by atoms with Gasteiger partial charge in [0.15, 0.2) is 0 Å². The molecule has 0 bridgehead atoms. The zero-order chi connectivity index (χ0) is 15.2. The van der Waals surface area contributed by atoms with Crippen molar-refractivity contribution in [3.8, 4) is 0 Å². The number of sulfonamides is 1. The maximum absolute atomic E-state index is 12.3. The molecule has 0 amide bonds. The summed E-state index contributed by atoms with van der Waals surface area (Å²) in [4.78, 5) is 0.315. The van der Waals surface area contributed by atoms with Gasteiger partial charge in [0.05, 0.1) is 4.90 Å². The lowest BCUT2D eigenvalue weighted by atomic mass is 10.1. The fraction of sp³-hybridized carbons (Fsp3) is 0.571. The van der Waals surface area contributed by atoms with Gasteiger partial charge in [-0.3, -0.25) is 0 Å². The fourth-order valence-electron chi connectivity index (χ4n) is 2.04. The Labute approximate surface area is 121 Å². The Kier molecular flexibility index (Phi) is 6.61. The van der Waals surface area contributed by atoms with Gasteiger partial charge in [0.2, 0.25) is 10.0 Å². The van der Waals surface area contributed by atoms with Crippen LogP contribution >= 0.6 is 0 Å². The molecule has 0 radical (unpaired) electrons. The molecule has 5 nitrogen and oxygen atoms in total. The van der Waals surface area contributed by atoms with Gasteiger partial charge >= 0.3 is 0 Å². The summed E-state index contributed by atoms with van der Waals surface area (Å²) in [5.74, 6) is 0. The summed E-state index contributed by atoms with van der Waals surface area (Å²) in [5, 5.41) is 0. The summed E-state index contributed by atoms with van der Waals surface area (Å²) in [7, 11) is -1.84. The average Bonchev–Trinajstić information content (AvgIpc) is 2.38. The van der Waals surface area contributed by atoms with Gasteiger partial charge in [-0.1, -0.05) is 6.07 Å².